The van der Waals surface area contributed by atoms with E-state index >= 15 is 0 Å². The third-order valence-electron chi connectivity index (χ3n) is 2.75. The average molecular weight is 236 g/mol. The molecule has 0 bridgehead atoms. The second-order valence-corrected chi connectivity index (χ2v) is 4.98. The van der Waals surface area contributed by atoms with E-state index in [9.17, 15) is 0 Å². The van der Waals surface area contributed by atoms with Gasteiger partial charge in [0.15, 0.2) is 0 Å². The van der Waals surface area contributed by atoms with Crippen LogP contribution in [0.2, 0.25) is 0 Å². The van der Waals surface area contributed by atoms with Crippen molar-refractivity contribution >= 4 is 0 Å². The number of hydrogen-bond donors (Lipinski definition) is 1. The van der Waals surface area contributed by atoms with E-state index in [1.807, 2.05) is 0 Å². The molecule has 1 heteroatoms. The smallest absolute Gasteiger partial charge is 0.0434 e. The van der Waals surface area contributed by atoms with E-state index in [1.165, 1.54) is 16.7 Å². The fourth-order valence-corrected chi connectivity index (χ4v) is 1.61. The molecule has 0 aliphatic heterocycles. The van der Waals surface area contributed by atoms with Gasteiger partial charge in [0.1, 0.15) is 0 Å². The van der Waals surface area contributed by atoms with Crippen LogP contribution in [-0.2, 0) is 0 Å². The molecule has 1 N–H and O–H groups in total. The zero-order valence-corrected chi connectivity index (χ0v) is 11.9. The fraction of sp³-hybridized carbons (Fsp3) is 0.625. The fourth-order valence-electron chi connectivity index (χ4n) is 1.61. The SMILES string of the molecule is CC(C)=CCC/C(C)=C/C/C=C(/C)CCCO. The summed E-state index contributed by atoms with van der Waals surface area (Å²) in [7, 11) is 0. The summed E-state index contributed by atoms with van der Waals surface area (Å²) in [5, 5.41) is 8.73. The largest absolute Gasteiger partial charge is 0.396 e. The molecular weight excluding hydrogens is 208 g/mol. The van der Waals surface area contributed by atoms with Crippen LogP contribution in [0.5, 0.6) is 0 Å². The molecule has 0 aromatic heterocycles. The summed E-state index contributed by atoms with van der Waals surface area (Å²) >= 11 is 0. The number of allylic oxidation sites excluding steroid dienone is 6. The number of aliphatic hydroxyl groups is 1. The van der Waals surface area contributed by atoms with Gasteiger partial charge in [-0.3, -0.25) is 0 Å². The summed E-state index contributed by atoms with van der Waals surface area (Å²) in [4.78, 5) is 0. The van der Waals surface area contributed by atoms with E-state index < -0.39 is 0 Å². The Morgan fingerprint density at radius 1 is 0.882 bits per heavy atom. The molecule has 0 unspecified atom stereocenters. The van der Waals surface area contributed by atoms with Crippen molar-refractivity contribution in [1.29, 1.82) is 0 Å². The Bertz CT molecular complexity index is 278. The first kappa shape index (κ1) is 16.2. The number of rotatable bonds is 8. The molecule has 0 aliphatic carbocycles. The summed E-state index contributed by atoms with van der Waals surface area (Å²) in [6, 6.07) is 0. The molecule has 0 radical (unpaired) electrons. The molecular formula is C16H28O. The Kier molecular flexibility index (Phi) is 9.84. The first-order valence-electron chi connectivity index (χ1n) is 6.61. The molecule has 0 amide bonds. The second kappa shape index (κ2) is 10.3. The van der Waals surface area contributed by atoms with Crippen molar-refractivity contribution in [3.05, 3.63) is 34.9 Å². The van der Waals surface area contributed by atoms with Crippen molar-refractivity contribution in [2.75, 3.05) is 6.61 Å². The average Bonchev–Trinajstić information content (AvgIpc) is 2.25. The van der Waals surface area contributed by atoms with Gasteiger partial charge in [0.25, 0.3) is 0 Å². The Labute approximate surface area is 107 Å². The van der Waals surface area contributed by atoms with Gasteiger partial charge in [-0.25, -0.2) is 0 Å². The van der Waals surface area contributed by atoms with E-state index in [-0.39, 0.29) is 0 Å². The first-order chi connectivity index (χ1) is 8.06. The third-order valence-corrected chi connectivity index (χ3v) is 2.75. The molecule has 0 heterocycles. The van der Waals surface area contributed by atoms with Crippen LogP contribution < -0.4 is 0 Å². The molecule has 17 heavy (non-hydrogen) atoms. The maximum atomic E-state index is 8.73. The molecule has 0 saturated heterocycles. The molecule has 0 aliphatic rings. The van der Waals surface area contributed by atoms with Crippen LogP contribution in [0.4, 0.5) is 0 Å². The number of aliphatic hydroxyl groups excluding tert-OH is 1. The van der Waals surface area contributed by atoms with Crippen molar-refractivity contribution < 1.29 is 5.11 Å². The lowest BCUT2D eigenvalue weighted by atomic mass is 10.1. The normalized spacial score (nSPS) is 12.8. The lowest BCUT2D eigenvalue weighted by Crippen LogP contribution is -1.84. The number of hydrogen-bond acceptors (Lipinski definition) is 1. The second-order valence-electron chi connectivity index (χ2n) is 4.98. The van der Waals surface area contributed by atoms with Gasteiger partial charge >= 0.3 is 0 Å². The zero-order chi connectivity index (χ0) is 13.1. The predicted molar refractivity (Wildman–Crippen MR) is 77.1 cm³/mol. The minimum atomic E-state index is 0.294. The highest BCUT2D eigenvalue weighted by molar-refractivity contribution is 5.07. The van der Waals surface area contributed by atoms with E-state index in [2.05, 4.69) is 45.9 Å². The summed E-state index contributed by atoms with van der Waals surface area (Å²) in [6.45, 7) is 8.93. The van der Waals surface area contributed by atoms with Crippen LogP contribution in [0.3, 0.4) is 0 Å². The Hall–Kier alpha value is -0.820. The Balaban J connectivity index is 3.86. The van der Waals surface area contributed by atoms with Gasteiger partial charge in [0.05, 0.1) is 0 Å². The van der Waals surface area contributed by atoms with E-state index in [1.54, 1.807) is 0 Å². The monoisotopic (exact) mass is 236 g/mol. The molecule has 0 aromatic carbocycles. The summed E-state index contributed by atoms with van der Waals surface area (Å²) in [5.41, 5.74) is 4.25. The van der Waals surface area contributed by atoms with E-state index in [4.69, 9.17) is 5.11 Å². The molecule has 0 spiro atoms. The van der Waals surface area contributed by atoms with Crippen molar-refractivity contribution in [3.8, 4) is 0 Å². The van der Waals surface area contributed by atoms with Crippen molar-refractivity contribution in [2.24, 2.45) is 0 Å². The van der Waals surface area contributed by atoms with Gasteiger partial charge in [0.2, 0.25) is 0 Å². The topological polar surface area (TPSA) is 20.2 Å². The minimum Gasteiger partial charge on any atom is -0.396 e. The van der Waals surface area contributed by atoms with E-state index in [0.29, 0.717) is 6.61 Å². The van der Waals surface area contributed by atoms with Gasteiger partial charge < -0.3 is 5.11 Å². The maximum absolute atomic E-state index is 8.73. The molecule has 98 valence electrons. The van der Waals surface area contributed by atoms with Gasteiger partial charge in [0, 0.05) is 6.61 Å². The Morgan fingerprint density at radius 3 is 2.00 bits per heavy atom. The molecule has 0 aromatic rings. The van der Waals surface area contributed by atoms with Crippen molar-refractivity contribution in [2.45, 2.75) is 59.8 Å². The van der Waals surface area contributed by atoms with Crippen molar-refractivity contribution in [3.63, 3.8) is 0 Å². The summed E-state index contributed by atoms with van der Waals surface area (Å²) in [5.74, 6) is 0. The van der Waals surface area contributed by atoms with Crippen LogP contribution >= 0.6 is 0 Å². The van der Waals surface area contributed by atoms with Gasteiger partial charge in [-0.2, -0.15) is 0 Å². The van der Waals surface area contributed by atoms with Crippen LogP contribution in [0.25, 0.3) is 0 Å². The van der Waals surface area contributed by atoms with Crippen LogP contribution in [0.15, 0.2) is 34.9 Å². The molecule has 0 rings (SSSR count). The highest BCUT2D eigenvalue weighted by Gasteiger charge is 1.90. The van der Waals surface area contributed by atoms with Crippen molar-refractivity contribution in [1.82, 2.24) is 0 Å². The summed E-state index contributed by atoms with van der Waals surface area (Å²) < 4.78 is 0. The molecule has 0 saturated carbocycles. The van der Waals surface area contributed by atoms with Crippen LogP contribution in [0, 0.1) is 0 Å². The zero-order valence-electron chi connectivity index (χ0n) is 11.9. The van der Waals surface area contributed by atoms with Gasteiger partial charge in [-0.05, 0) is 59.8 Å². The Morgan fingerprint density at radius 2 is 1.47 bits per heavy atom. The lowest BCUT2D eigenvalue weighted by Gasteiger charge is -2.00. The minimum absolute atomic E-state index is 0.294. The highest BCUT2D eigenvalue weighted by Crippen LogP contribution is 2.10. The lowest BCUT2D eigenvalue weighted by molar-refractivity contribution is 0.288. The van der Waals surface area contributed by atoms with E-state index in [0.717, 1.165) is 32.1 Å². The quantitative estimate of drug-likeness (QED) is 0.601. The van der Waals surface area contributed by atoms with Crippen LogP contribution in [-0.4, -0.2) is 11.7 Å². The van der Waals surface area contributed by atoms with Gasteiger partial charge in [-0.15, -0.1) is 0 Å². The highest BCUT2D eigenvalue weighted by atomic mass is 16.2. The predicted octanol–water partition coefficient (Wildman–Crippen LogP) is 4.79. The standard InChI is InChI=1S/C16H28O/c1-14(2)8-5-9-15(3)10-6-11-16(4)12-7-13-17/h8,10-11,17H,5-7,9,12-13H2,1-4H3/b15-10+,16-11-. The first-order valence-corrected chi connectivity index (χ1v) is 6.61. The molecule has 1 nitrogen and oxygen atoms in total. The maximum Gasteiger partial charge on any atom is 0.0434 e. The summed E-state index contributed by atoms with van der Waals surface area (Å²) in [6.07, 6.45) is 12.1. The van der Waals surface area contributed by atoms with Crippen LogP contribution in [0.1, 0.15) is 59.8 Å². The molecule has 0 fully saturated rings. The van der Waals surface area contributed by atoms with Gasteiger partial charge in [-0.1, -0.05) is 34.9 Å². The third kappa shape index (κ3) is 11.4. The molecule has 0 atom stereocenters.